The lowest BCUT2D eigenvalue weighted by Crippen LogP contribution is -2.40. The molecular formula is C10H14N6O. The number of hydrogen-bond donors (Lipinski definition) is 2. The number of anilines is 1. The van der Waals surface area contributed by atoms with Crippen molar-refractivity contribution in [1.82, 2.24) is 19.6 Å². The topological polar surface area (TPSA) is 92.3 Å². The van der Waals surface area contributed by atoms with Crippen LogP contribution in [-0.4, -0.2) is 38.7 Å². The summed E-state index contributed by atoms with van der Waals surface area (Å²) < 4.78 is 1.39. The van der Waals surface area contributed by atoms with Gasteiger partial charge in [-0.15, -0.1) is 0 Å². The Morgan fingerprint density at radius 1 is 1.41 bits per heavy atom. The highest BCUT2D eigenvalue weighted by Crippen LogP contribution is 2.17. The zero-order chi connectivity index (χ0) is 11.8. The smallest absolute Gasteiger partial charge is 0.348 e. The third-order valence-electron chi connectivity index (χ3n) is 3.16. The van der Waals surface area contributed by atoms with E-state index in [4.69, 9.17) is 5.73 Å². The maximum atomic E-state index is 11.3. The van der Waals surface area contributed by atoms with Crippen LogP contribution < -0.4 is 16.3 Å². The van der Waals surface area contributed by atoms with E-state index in [1.807, 2.05) is 6.07 Å². The molecule has 2 aromatic rings. The van der Waals surface area contributed by atoms with E-state index in [0.29, 0.717) is 11.7 Å². The van der Waals surface area contributed by atoms with E-state index in [2.05, 4.69) is 20.1 Å². The zero-order valence-corrected chi connectivity index (χ0v) is 9.33. The number of H-pyrrole nitrogens is 1. The third kappa shape index (κ3) is 1.78. The van der Waals surface area contributed by atoms with Gasteiger partial charge in [0.15, 0.2) is 5.65 Å². The van der Waals surface area contributed by atoms with Crippen LogP contribution in [-0.2, 0) is 0 Å². The number of rotatable bonds is 1. The molecule has 7 nitrogen and oxygen atoms in total. The van der Waals surface area contributed by atoms with Gasteiger partial charge in [0.25, 0.3) is 0 Å². The van der Waals surface area contributed by atoms with Gasteiger partial charge >= 0.3 is 5.69 Å². The predicted octanol–water partition coefficient (Wildman–Crippen LogP) is -0.655. The molecule has 0 radical (unpaired) electrons. The Morgan fingerprint density at radius 2 is 2.18 bits per heavy atom. The minimum atomic E-state index is -0.264. The first kappa shape index (κ1) is 10.3. The molecule has 1 fully saturated rings. The molecule has 0 amide bonds. The van der Waals surface area contributed by atoms with E-state index >= 15 is 0 Å². The molecule has 90 valence electrons. The highest BCUT2D eigenvalue weighted by molar-refractivity contribution is 5.50. The summed E-state index contributed by atoms with van der Waals surface area (Å²) in [6.07, 6.45) is 3.45. The van der Waals surface area contributed by atoms with Crippen molar-refractivity contribution in [2.45, 2.75) is 18.9 Å². The Kier molecular flexibility index (Phi) is 2.32. The first-order valence-electron chi connectivity index (χ1n) is 5.67. The molecule has 1 aliphatic rings. The van der Waals surface area contributed by atoms with Crippen molar-refractivity contribution in [3.63, 3.8) is 0 Å². The Labute approximate surface area is 97.3 Å². The molecule has 1 aliphatic heterocycles. The van der Waals surface area contributed by atoms with Crippen LogP contribution >= 0.6 is 0 Å². The summed E-state index contributed by atoms with van der Waals surface area (Å²) in [7, 11) is 0. The lowest BCUT2D eigenvalue weighted by atomic mass is 10.1. The summed E-state index contributed by atoms with van der Waals surface area (Å²) in [5.41, 5.74) is 6.19. The average molecular weight is 234 g/mol. The quantitative estimate of drug-likeness (QED) is 0.683. The largest absolute Gasteiger partial charge is 0.356 e. The number of piperidine rings is 1. The van der Waals surface area contributed by atoms with Gasteiger partial charge in [-0.3, -0.25) is 0 Å². The van der Waals surface area contributed by atoms with Gasteiger partial charge < -0.3 is 10.6 Å². The average Bonchev–Trinajstić information content (AvgIpc) is 2.72. The molecule has 0 aromatic carbocycles. The number of aromatic amines is 1. The summed E-state index contributed by atoms with van der Waals surface area (Å²) in [4.78, 5) is 17.7. The lowest BCUT2D eigenvalue weighted by Gasteiger charge is -2.30. The molecule has 2 aromatic heterocycles. The molecule has 7 heteroatoms. The summed E-state index contributed by atoms with van der Waals surface area (Å²) in [6, 6.07) is 2.11. The van der Waals surface area contributed by atoms with Gasteiger partial charge in [0.05, 0.1) is 0 Å². The van der Waals surface area contributed by atoms with Crippen molar-refractivity contribution < 1.29 is 0 Å². The van der Waals surface area contributed by atoms with Crippen LogP contribution in [0.4, 0.5) is 5.82 Å². The van der Waals surface area contributed by atoms with Crippen molar-refractivity contribution in [3.8, 4) is 0 Å². The van der Waals surface area contributed by atoms with Crippen LogP contribution in [0.2, 0.25) is 0 Å². The van der Waals surface area contributed by atoms with Gasteiger partial charge in [0, 0.05) is 25.2 Å². The molecule has 0 bridgehead atoms. The molecule has 0 saturated carbocycles. The van der Waals surface area contributed by atoms with Crippen LogP contribution in [0.15, 0.2) is 17.2 Å². The minimum Gasteiger partial charge on any atom is -0.356 e. The molecule has 3 heterocycles. The molecule has 3 rings (SSSR count). The Hall–Kier alpha value is -1.89. The summed E-state index contributed by atoms with van der Waals surface area (Å²) >= 11 is 0. The van der Waals surface area contributed by atoms with Gasteiger partial charge in [-0.25, -0.2) is 19.3 Å². The second-order valence-corrected chi connectivity index (χ2v) is 4.33. The van der Waals surface area contributed by atoms with Gasteiger partial charge in [-0.05, 0) is 12.8 Å². The summed E-state index contributed by atoms with van der Waals surface area (Å²) in [5.74, 6) is 0.850. The van der Waals surface area contributed by atoms with Crippen molar-refractivity contribution in [1.29, 1.82) is 0 Å². The highest BCUT2D eigenvalue weighted by atomic mass is 16.1. The maximum Gasteiger partial charge on any atom is 0.348 e. The highest BCUT2D eigenvalue weighted by Gasteiger charge is 2.17. The predicted molar refractivity (Wildman–Crippen MR) is 63.0 cm³/mol. The molecule has 0 atom stereocenters. The second-order valence-electron chi connectivity index (χ2n) is 4.33. The monoisotopic (exact) mass is 234 g/mol. The molecule has 0 unspecified atom stereocenters. The Morgan fingerprint density at radius 3 is 2.94 bits per heavy atom. The number of aromatic nitrogens is 4. The number of nitrogens with one attached hydrogen (secondary N) is 1. The fourth-order valence-electron chi connectivity index (χ4n) is 2.10. The van der Waals surface area contributed by atoms with Crippen LogP contribution in [0.5, 0.6) is 0 Å². The standard InChI is InChI=1S/C10H14N6O/c11-7-1-3-15(4-2-7)8-5-9-13-14-10(17)16(9)6-12-8/h5-7H,1-4,11H2,(H,14,17). The zero-order valence-electron chi connectivity index (χ0n) is 9.33. The minimum absolute atomic E-state index is 0.264. The van der Waals surface area contributed by atoms with Crippen molar-refractivity contribution in [3.05, 3.63) is 22.9 Å². The SMILES string of the molecule is NC1CCN(c2cc3n[nH]c(=O)n3cn2)CC1. The molecule has 0 aliphatic carbocycles. The van der Waals surface area contributed by atoms with Crippen molar-refractivity contribution in [2.75, 3.05) is 18.0 Å². The molecule has 0 spiro atoms. The summed E-state index contributed by atoms with van der Waals surface area (Å²) in [5, 5.41) is 6.32. The molecule has 1 saturated heterocycles. The van der Waals surface area contributed by atoms with E-state index in [1.165, 1.54) is 10.7 Å². The molecular weight excluding hydrogens is 220 g/mol. The number of nitrogens with two attached hydrogens (primary N) is 1. The third-order valence-corrected chi connectivity index (χ3v) is 3.16. The van der Waals surface area contributed by atoms with Crippen molar-refractivity contribution in [2.24, 2.45) is 5.73 Å². The van der Waals surface area contributed by atoms with Crippen LogP contribution in [0, 0.1) is 0 Å². The van der Waals surface area contributed by atoms with Crippen LogP contribution in [0.25, 0.3) is 5.65 Å². The number of nitrogens with zero attached hydrogens (tertiary/aromatic N) is 4. The van der Waals surface area contributed by atoms with E-state index in [0.717, 1.165) is 31.7 Å². The fraction of sp³-hybridized carbons (Fsp3) is 0.500. The van der Waals surface area contributed by atoms with E-state index in [9.17, 15) is 4.79 Å². The van der Waals surface area contributed by atoms with Crippen LogP contribution in [0.1, 0.15) is 12.8 Å². The lowest BCUT2D eigenvalue weighted by molar-refractivity contribution is 0.498. The normalized spacial score (nSPS) is 17.8. The first-order chi connectivity index (χ1) is 8.24. The molecule has 17 heavy (non-hydrogen) atoms. The van der Waals surface area contributed by atoms with E-state index in [-0.39, 0.29) is 5.69 Å². The van der Waals surface area contributed by atoms with Gasteiger partial charge in [0.2, 0.25) is 0 Å². The van der Waals surface area contributed by atoms with Gasteiger partial charge in [-0.2, -0.15) is 5.10 Å². The van der Waals surface area contributed by atoms with Gasteiger partial charge in [-0.1, -0.05) is 0 Å². The second kappa shape index (κ2) is 3.85. The summed E-state index contributed by atoms with van der Waals surface area (Å²) in [6.45, 7) is 1.80. The van der Waals surface area contributed by atoms with Gasteiger partial charge in [0.1, 0.15) is 12.1 Å². The molecule has 3 N–H and O–H groups in total. The van der Waals surface area contributed by atoms with E-state index in [1.54, 1.807) is 0 Å². The number of fused-ring (bicyclic) bond motifs is 1. The Balaban J connectivity index is 1.93. The van der Waals surface area contributed by atoms with Crippen molar-refractivity contribution >= 4 is 11.5 Å². The maximum absolute atomic E-state index is 11.3. The first-order valence-corrected chi connectivity index (χ1v) is 5.67. The van der Waals surface area contributed by atoms with E-state index < -0.39 is 0 Å². The number of hydrogen-bond acceptors (Lipinski definition) is 5. The van der Waals surface area contributed by atoms with Crippen LogP contribution in [0.3, 0.4) is 0 Å². The Bertz CT molecular complexity index is 580. The fourth-order valence-corrected chi connectivity index (χ4v) is 2.10.